The summed E-state index contributed by atoms with van der Waals surface area (Å²) in [6.07, 6.45) is 6.52. The Balaban J connectivity index is 1.84. The summed E-state index contributed by atoms with van der Waals surface area (Å²) in [7, 11) is 0. The normalized spacial score (nSPS) is 10.7. The predicted octanol–water partition coefficient (Wildman–Crippen LogP) is 2.31. The highest BCUT2D eigenvalue weighted by atomic mass is 16.3. The number of aromatic nitrogens is 1. The Morgan fingerprint density at radius 2 is 2.33 bits per heavy atom. The molecule has 4 nitrogen and oxygen atoms in total. The van der Waals surface area contributed by atoms with Crippen LogP contribution in [0.25, 0.3) is 6.08 Å². The van der Waals surface area contributed by atoms with Gasteiger partial charge < -0.3 is 9.73 Å². The molecule has 0 aliphatic carbocycles. The van der Waals surface area contributed by atoms with Gasteiger partial charge in [-0.05, 0) is 36.8 Å². The summed E-state index contributed by atoms with van der Waals surface area (Å²) in [5.74, 6) is 1.34. The summed E-state index contributed by atoms with van der Waals surface area (Å²) in [6, 6.07) is 7.42. The summed E-state index contributed by atoms with van der Waals surface area (Å²) >= 11 is 0. The summed E-state index contributed by atoms with van der Waals surface area (Å²) in [5.41, 5.74) is 0.966. The van der Waals surface area contributed by atoms with Gasteiger partial charge in [0.15, 0.2) is 0 Å². The molecule has 0 bridgehead atoms. The molecule has 0 spiro atoms. The van der Waals surface area contributed by atoms with Crippen LogP contribution in [-0.2, 0) is 11.3 Å². The maximum atomic E-state index is 11.5. The lowest BCUT2D eigenvalue weighted by Gasteiger charge is -2.00. The van der Waals surface area contributed by atoms with Crippen LogP contribution in [0.2, 0.25) is 0 Å². The van der Waals surface area contributed by atoms with E-state index < -0.39 is 0 Å². The van der Waals surface area contributed by atoms with Gasteiger partial charge in [0.1, 0.15) is 11.5 Å². The first-order chi connectivity index (χ1) is 8.74. The third-order valence-electron chi connectivity index (χ3n) is 2.35. The van der Waals surface area contributed by atoms with Gasteiger partial charge in [-0.25, -0.2) is 0 Å². The number of carbonyl (C=O) groups is 1. The van der Waals surface area contributed by atoms with Crippen molar-refractivity contribution in [1.29, 1.82) is 0 Å². The Morgan fingerprint density at radius 1 is 1.44 bits per heavy atom. The van der Waals surface area contributed by atoms with Crippen molar-refractivity contribution >= 4 is 12.0 Å². The molecule has 2 heterocycles. The van der Waals surface area contributed by atoms with E-state index in [0.29, 0.717) is 12.3 Å². The van der Waals surface area contributed by atoms with Crippen LogP contribution in [0.5, 0.6) is 0 Å². The molecular formula is C14H14N2O2. The molecule has 0 saturated carbocycles. The third-order valence-corrected chi connectivity index (χ3v) is 2.35. The van der Waals surface area contributed by atoms with Gasteiger partial charge in [0.25, 0.3) is 0 Å². The lowest BCUT2D eigenvalue weighted by molar-refractivity contribution is -0.116. The van der Waals surface area contributed by atoms with Crippen molar-refractivity contribution < 1.29 is 9.21 Å². The molecule has 18 heavy (non-hydrogen) atoms. The monoisotopic (exact) mass is 242 g/mol. The van der Waals surface area contributed by atoms with E-state index in [0.717, 1.165) is 11.3 Å². The first kappa shape index (κ1) is 12.1. The van der Waals surface area contributed by atoms with Crippen LogP contribution in [0.4, 0.5) is 0 Å². The van der Waals surface area contributed by atoms with Gasteiger partial charge in [-0.3, -0.25) is 9.78 Å². The second kappa shape index (κ2) is 5.82. The number of hydrogen-bond donors (Lipinski definition) is 1. The van der Waals surface area contributed by atoms with Crippen molar-refractivity contribution in [1.82, 2.24) is 10.3 Å². The highest BCUT2D eigenvalue weighted by Gasteiger charge is 1.98. The molecule has 0 saturated heterocycles. The highest BCUT2D eigenvalue weighted by molar-refractivity contribution is 5.91. The molecule has 2 aromatic rings. The van der Waals surface area contributed by atoms with Gasteiger partial charge in [-0.1, -0.05) is 6.07 Å². The van der Waals surface area contributed by atoms with E-state index in [4.69, 9.17) is 4.42 Å². The number of hydrogen-bond acceptors (Lipinski definition) is 3. The number of aryl methyl sites for hydroxylation is 1. The minimum Gasteiger partial charge on any atom is -0.462 e. The fourth-order valence-corrected chi connectivity index (χ4v) is 1.45. The molecule has 92 valence electrons. The second-order valence-corrected chi connectivity index (χ2v) is 3.86. The second-order valence-electron chi connectivity index (χ2n) is 3.86. The molecule has 2 aromatic heterocycles. The minimum absolute atomic E-state index is 0.159. The Morgan fingerprint density at radius 3 is 3.00 bits per heavy atom. The van der Waals surface area contributed by atoms with Crippen molar-refractivity contribution in [3.05, 3.63) is 59.8 Å². The standard InChI is InChI=1S/C14H14N2O2/c1-11-4-5-13(18-11)6-7-14(17)16-10-12-3-2-8-15-9-12/h2-9H,10H2,1H3,(H,16,17)/b7-6+. The minimum atomic E-state index is -0.159. The van der Waals surface area contributed by atoms with Gasteiger partial charge in [0, 0.05) is 25.0 Å². The van der Waals surface area contributed by atoms with E-state index in [-0.39, 0.29) is 5.91 Å². The van der Waals surface area contributed by atoms with Crippen LogP contribution < -0.4 is 5.32 Å². The molecule has 1 amide bonds. The van der Waals surface area contributed by atoms with Gasteiger partial charge >= 0.3 is 0 Å². The fourth-order valence-electron chi connectivity index (χ4n) is 1.45. The Bertz CT molecular complexity index is 544. The van der Waals surface area contributed by atoms with Crippen molar-refractivity contribution in [3.8, 4) is 0 Å². The van der Waals surface area contributed by atoms with E-state index >= 15 is 0 Å². The summed E-state index contributed by atoms with van der Waals surface area (Å²) in [4.78, 5) is 15.5. The number of amides is 1. The number of rotatable bonds is 4. The van der Waals surface area contributed by atoms with Crippen molar-refractivity contribution in [3.63, 3.8) is 0 Å². The molecule has 0 unspecified atom stereocenters. The Hall–Kier alpha value is -2.36. The average Bonchev–Trinajstić information content (AvgIpc) is 2.81. The van der Waals surface area contributed by atoms with Crippen LogP contribution in [0.3, 0.4) is 0 Å². The van der Waals surface area contributed by atoms with Crippen molar-refractivity contribution in [2.24, 2.45) is 0 Å². The van der Waals surface area contributed by atoms with Crippen LogP contribution in [-0.4, -0.2) is 10.9 Å². The highest BCUT2D eigenvalue weighted by Crippen LogP contribution is 2.07. The summed E-state index contributed by atoms with van der Waals surface area (Å²) < 4.78 is 5.32. The Labute approximate surface area is 105 Å². The third kappa shape index (κ3) is 3.59. The molecule has 0 aliphatic heterocycles. The molecule has 1 N–H and O–H groups in total. The molecule has 4 heteroatoms. The van der Waals surface area contributed by atoms with Crippen molar-refractivity contribution in [2.75, 3.05) is 0 Å². The Kier molecular flexibility index (Phi) is 3.91. The zero-order valence-electron chi connectivity index (χ0n) is 10.1. The van der Waals surface area contributed by atoms with E-state index in [1.165, 1.54) is 6.08 Å². The summed E-state index contributed by atoms with van der Waals surface area (Å²) in [5, 5.41) is 2.77. The molecule has 0 aromatic carbocycles. The van der Waals surface area contributed by atoms with E-state index in [2.05, 4.69) is 10.3 Å². The van der Waals surface area contributed by atoms with Gasteiger partial charge in [0.2, 0.25) is 5.91 Å². The largest absolute Gasteiger partial charge is 0.462 e. The quantitative estimate of drug-likeness (QED) is 0.837. The van der Waals surface area contributed by atoms with Crippen LogP contribution >= 0.6 is 0 Å². The van der Waals surface area contributed by atoms with Gasteiger partial charge in [-0.2, -0.15) is 0 Å². The van der Waals surface area contributed by atoms with E-state index in [9.17, 15) is 4.79 Å². The zero-order valence-corrected chi connectivity index (χ0v) is 10.1. The van der Waals surface area contributed by atoms with Crippen LogP contribution in [0.1, 0.15) is 17.1 Å². The van der Waals surface area contributed by atoms with E-state index in [1.54, 1.807) is 18.5 Å². The first-order valence-electron chi connectivity index (χ1n) is 5.65. The zero-order chi connectivity index (χ0) is 12.8. The molecule has 0 atom stereocenters. The molecule has 0 aliphatic rings. The molecular weight excluding hydrogens is 228 g/mol. The van der Waals surface area contributed by atoms with Gasteiger partial charge in [-0.15, -0.1) is 0 Å². The number of furan rings is 1. The maximum absolute atomic E-state index is 11.5. The molecule has 0 fully saturated rings. The fraction of sp³-hybridized carbons (Fsp3) is 0.143. The number of nitrogens with zero attached hydrogens (tertiary/aromatic N) is 1. The lowest BCUT2D eigenvalue weighted by Crippen LogP contribution is -2.20. The van der Waals surface area contributed by atoms with Crippen molar-refractivity contribution in [2.45, 2.75) is 13.5 Å². The summed E-state index contributed by atoms with van der Waals surface area (Å²) in [6.45, 7) is 2.33. The SMILES string of the molecule is Cc1ccc(/C=C/C(=O)NCc2cccnc2)o1. The first-order valence-corrected chi connectivity index (χ1v) is 5.65. The lowest BCUT2D eigenvalue weighted by atomic mass is 10.3. The van der Waals surface area contributed by atoms with Crippen LogP contribution in [0.15, 0.2) is 47.2 Å². The topological polar surface area (TPSA) is 55.1 Å². The van der Waals surface area contributed by atoms with E-state index in [1.807, 2.05) is 31.2 Å². The number of pyridine rings is 1. The molecule has 2 rings (SSSR count). The number of nitrogens with one attached hydrogen (secondary N) is 1. The molecule has 0 radical (unpaired) electrons. The maximum Gasteiger partial charge on any atom is 0.244 e. The van der Waals surface area contributed by atoms with Gasteiger partial charge in [0.05, 0.1) is 0 Å². The predicted molar refractivity (Wildman–Crippen MR) is 68.6 cm³/mol. The smallest absolute Gasteiger partial charge is 0.244 e. The number of carbonyl (C=O) groups excluding carboxylic acids is 1. The van der Waals surface area contributed by atoms with Crippen LogP contribution in [0, 0.1) is 6.92 Å². The average molecular weight is 242 g/mol.